The van der Waals surface area contributed by atoms with Gasteiger partial charge in [0.2, 0.25) is 0 Å². The number of Topliss-reactive ketones (excluding diaryl/α,β-unsaturated/α-hetero) is 1. The minimum absolute atomic E-state index is 0. The Balaban J connectivity index is 0.000000289. The number of amides is 1. The van der Waals surface area contributed by atoms with Gasteiger partial charge in [-0.05, 0) is 24.8 Å². The summed E-state index contributed by atoms with van der Waals surface area (Å²) in [7, 11) is 3.47. The van der Waals surface area contributed by atoms with Crippen molar-refractivity contribution in [3.05, 3.63) is 71.8 Å². The van der Waals surface area contributed by atoms with Crippen LogP contribution in [-0.4, -0.2) is 56.3 Å². The van der Waals surface area contributed by atoms with Gasteiger partial charge in [-0.15, -0.1) is 12.4 Å². The van der Waals surface area contributed by atoms with Crippen LogP contribution in [0.2, 0.25) is 0 Å². The van der Waals surface area contributed by atoms with Gasteiger partial charge in [0, 0.05) is 32.7 Å². The third-order valence-electron chi connectivity index (χ3n) is 5.99. The molecule has 2 aromatic carbocycles. The Labute approximate surface area is 216 Å². The van der Waals surface area contributed by atoms with Crippen LogP contribution in [0.1, 0.15) is 61.4 Å². The van der Waals surface area contributed by atoms with E-state index in [0.29, 0.717) is 32.2 Å². The number of rotatable bonds is 6. The van der Waals surface area contributed by atoms with E-state index in [1.807, 2.05) is 67.6 Å². The van der Waals surface area contributed by atoms with E-state index < -0.39 is 0 Å². The van der Waals surface area contributed by atoms with Gasteiger partial charge in [0.05, 0.1) is 18.8 Å². The van der Waals surface area contributed by atoms with E-state index >= 15 is 0 Å². The highest BCUT2D eigenvalue weighted by atomic mass is 35.5. The molecular formula is C28H40ClNO5. The summed E-state index contributed by atoms with van der Waals surface area (Å²) in [5.74, 6) is 0.209. The van der Waals surface area contributed by atoms with E-state index in [4.69, 9.17) is 14.2 Å². The molecule has 4 rings (SSSR count). The molecule has 0 radical (unpaired) electrons. The van der Waals surface area contributed by atoms with Gasteiger partial charge in [-0.3, -0.25) is 4.79 Å². The highest BCUT2D eigenvalue weighted by molar-refractivity contribution is 5.95. The zero-order valence-electron chi connectivity index (χ0n) is 21.2. The Kier molecular flexibility index (Phi) is 15.7. The van der Waals surface area contributed by atoms with Gasteiger partial charge in [0.25, 0.3) is 0 Å². The minimum Gasteiger partial charge on any atom is -0.445 e. The van der Waals surface area contributed by atoms with Gasteiger partial charge >= 0.3 is 6.09 Å². The first-order valence-electron chi connectivity index (χ1n) is 12.2. The molecule has 0 aromatic heterocycles. The molecule has 35 heavy (non-hydrogen) atoms. The topological polar surface area (TPSA) is 65.1 Å². The summed E-state index contributed by atoms with van der Waals surface area (Å²) in [5.41, 5.74) is 1.81. The molecule has 1 heterocycles. The van der Waals surface area contributed by atoms with E-state index in [0.717, 1.165) is 17.5 Å². The minimum atomic E-state index is -0.256. The summed E-state index contributed by atoms with van der Waals surface area (Å²) in [6.45, 7) is 3.54. The number of hydrogen-bond acceptors (Lipinski definition) is 5. The number of ketones is 1. The van der Waals surface area contributed by atoms with Crippen LogP contribution >= 0.6 is 12.4 Å². The Hall–Kier alpha value is -2.41. The predicted molar refractivity (Wildman–Crippen MR) is 141 cm³/mol. The molecule has 1 aliphatic heterocycles. The Morgan fingerprint density at radius 1 is 0.857 bits per heavy atom. The number of likely N-dealkylation sites (tertiary alicyclic amines) is 1. The van der Waals surface area contributed by atoms with E-state index in [1.165, 1.54) is 25.7 Å². The fourth-order valence-electron chi connectivity index (χ4n) is 3.85. The van der Waals surface area contributed by atoms with Crippen molar-refractivity contribution in [1.29, 1.82) is 0 Å². The molecule has 0 unspecified atom stereocenters. The van der Waals surface area contributed by atoms with Gasteiger partial charge in [0.15, 0.2) is 5.78 Å². The molecule has 1 atom stereocenters. The maximum absolute atomic E-state index is 11.7. The second kappa shape index (κ2) is 17.9. The fraction of sp³-hybridized carbons (Fsp3) is 0.500. The van der Waals surface area contributed by atoms with Crippen molar-refractivity contribution < 1.29 is 23.8 Å². The van der Waals surface area contributed by atoms with E-state index in [1.54, 1.807) is 19.1 Å². The quantitative estimate of drug-likeness (QED) is 0.430. The van der Waals surface area contributed by atoms with E-state index in [9.17, 15) is 9.59 Å². The van der Waals surface area contributed by atoms with Crippen LogP contribution in [0.25, 0.3) is 0 Å². The lowest BCUT2D eigenvalue weighted by molar-refractivity contribution is 0.0848. The highest BCUT2D eigenvalue weighted by Gasteiger charge is 2.26. The van der Waals surface area contributed by atoms with Gasteiger partial charge < -0.3 is 19.1 Å². The third-order valence-corrected chi connectivity index (χ3v) is 5.99. The molecule has 6 nitrogen and oxygen atoms in total. The molecule has 194 valence electrons. The monoisotopic (exact) mass is 505 g/mol. The zero-order chi connectivity index (χ0) is 24.6. The van der Waals surface area contributed by atoms with Crippen LogP contribution in [-0.2, 0) is 20.8 Å². The molecule has 2 aliphatic rings. The van der Waals surface area contributed by atoms with Crippen LogP contribution in [0.3, 0.4) is 0 Å². The zero-order valence-corrected chi connectivity index (χ0v) is 22.0. The van der Waals surface area contributed by atoms with Crippen LogP contribution in [0.4, 0.5) is 4.79 Å². The van der Waals surface area contributed by atoms with Crippen LogP contribution in [0.5, 0.6) is 0 Å². The molecule has 7 heteroatoms. The second-order valence-corrected chi connectivity index (χ2v) is 8.42. The van der Waals surface area contributed by atoms with Crippen molar-refractivity contribution in [3.63, 3.8) is 0 Å². The van der Waals surface area contributed by atoms with Crippen molar-refractivity contribution in [2.24, 2.45) is 0 Å². The van der Waals surface area contributed by atoms with Crippen molar-refractivity contribution in [1.82, 2.24) is 4.90 Å². The van der Waals surface area contributed by atoms with Crippen LogP contribution in [0, 0.1) is 0 Å². The number of halogens is 1. The Morgan fingerprint density at radius 3 is 1.91 bits per heavy atom. The molecule has 0 N–H and O–H groups in total. The molecular weight excluding hydrogens is 466 g/mol. The highest BCUT2D eigenvalue weighted by Crippen LogP contribution is 2.19. The van der Waals surface area contributed by atoms with Gasteiger partial charge in [0.1, 0.15) is 6.61 Å². The summed E-state index contributed by atoms with van der Waals surface area (Å²) in [5, 5.41) is 0. The lowest BCUT2D eigenvalue weighted by Gasteiger charge is -2.15. The van der Waals surface area contributed by atoms with Crippen molar-refractivity contribution >= 4 is 24.3 Å². The molecule has 0 bridgehead atoms. The van der Waals surface area contributed by atoms with Crippen molar-refractivity contribution in [2.45, 2.75) is 64.3 Å². The SMILES string of the molecule is CCC(=O)c1ccccc1.COC1CCCC1.CO[C@H]1CCN(C(=O)OCc2ccccc2)C1.Cl. The van der Waals surface area contributed by atoms with Gasteiger partial charge in [-0.1, -0.05) is 80.4 Å². The molecule has 1 aliphatic carbocycles. The number of carbonyl (C=O) groups is 2. The smallest absolute Gasteiger partial charge is 0.410 e. The first-order valence-corrected chi connectivity index (χ1v) is 12.2. The second-order valence-electron chi connectivity index (χ2n) is 8.42. The van der Waals surface area contributed by atoms with Crippen LogP contribution < -0.4 is 0 Å². The Morgan fingerprint density at radius 2 is 1.43 bits per heavy atom. The number of methoxy groups -OCH3 is 2. The average Bonchev–Trinajstić information content (AvgIpc) is 3.61. The molecule has 1 saturated heterocycles. The summed E-state index contributed by atoms with van der Waals surface area (Å²) >= 11 is 0. The van der Waals surface area contributed by atoms with Crippen molar-refractivity contribution in [3.8, 4) is 0 Å². The summed E-state index contributed by atoms with van der Waals surface area (Å²) in [4.78, 5) is 24.4. The summed E-state index contributed by atoms with van der Waals surface area (Å²) in [6, 6.07) is 19.0. The van der Waals surface area contributed by atoms with E-state index in [2.05, 4.69) is 0 Å². The molecule has 2 fully saturated rings. The first-order chi connectivity index (χ1) is 16.6. The number of carbonyl (C=O) groups excluding carboxylic acids is 2. The largest absolute Gasteiger partial charge is 0.445 e. The number of ether oxygens (including phenoxy) is 3. The molecule has 0 spiro atoms. The van der Waals surface area contributed by atoms with Crippen molar-refractivity contribution in [2.75, 3.05) is 27.3 Å². The molecule has 2 aromatic rings. The summed E-state index contributed by atoms with van der Waals surface area (Å²) in [6.07, 6.45) is 7.29. The maximum Gasteiger partial charge on any atom is 0.410 e. The first kappa shape index (κ1) is 30.6. The van der Waals surface area contributed by atoms with Gasteiger partial charge in [-0.2, -0.15) is 0 Å². The predicted octanol–water partition coefficient (Wildman–Crippen LogP) is 6.32. The third kappa shape index (κ3) is 11.7. The van der Waals surface area contributed by atoms with Crippen LogP contribution in [0.15, 0.2) is 60.7 Å². The molecule has 1 saturated carbocycles. The van der Waals surface area contributed by atoms with Gasteiger partial charge in [-0.25, -0.2) is 4.79 Å². The normalized spacial score (nSPS) is 16.8. The standard InChI is InChI=1S/C13H17NO3.C9H10O.C6H12O.ClH/c1-16-12-7-8-14(9-12)13(15)17-10-11-5-3-2-4-6-11;1-2-9(10)8-6-4-3-5-7-8;1-7-6-4-2-3-5-6;/h2-6,12H,7-10H2,1H3;3-7H,2H2,1H3;6H,2-5H2,1H3;1H/t12-;;;/m0.../s1. The lowest BCUT2D eigenvalue weighted by atomic mass is 10.1. The lowest BCUT2D eigenvalue weighted by Crippen LogP contribution is -2.30. The summed E-state index contributed by atoms with van der Waals surface area (Å²) < 4.78 is 15.6. The number of nitrogens with zero attached hydrogens (tertiary/aromatic N) is 1. The van der Waals surface area contributed by atoms with E-state index in [-0.39, 0.29) is 30.4 Å². The maximum atomic E-state index is 11.7. The Bertz CT molecular complexity index is 828. The number of hydrogen-bond donors (Lipinski definition) is 0. The number of benzene rings is 2. The molecule has 1 amide bonds. The fourth-order valence-corrected chi connectivity index (χ4v) is 3.85. The average molecular weight is 506 g/mol.